The molecule has 15 heavy (non-hydrogen) atoms. The molecule has 82 valence electrons. The van der Waals surface area contributed by atoms with Crippen LogP contribution in [0.4, 0.5) is 0 Å². The Labute approximate surface area is 93.7 Å². The normalized spacial score (nSPS) is 32.3. The molecule has 3 atom stereocenters. The van der Waals surface area contributed by atoms with Crippen LogP contribution in [0, 0.1) is 11.8 Å². The molecule has 3 rings (SSSR count). The zero-order valence-electron chi connectivity index (χ0n) is 9.95. The summed E-state index contributed by atoms with van der Waals surface area (Å²) in [5.74, 6) is 3.04. The van der Waals surface area contributed by atoms with Gasteiger partial charge in [0, 0.05) is 0 Å². The second-order valence-electron chi connectivity index (χ2n) is 4.61. The van der Waals surface area contributed by atoms with E-state index in [0.29, 0.717) is 0 Å². The van der Waals surface area contributed by atoms with Crippen molar-refractivity contribution >= 4 is 0 Å². The molecule has 2 aliphatic carbocycles. The molecule has 2 saturated carbocycles. The maximum absolute atomic E-state index is 2.30. The van der Waals surface area contributed by atoms with Gasteiger partial charge in [0.05, 0.1) is 0 Å². The molecule has 0 unspecified atom stereocenters. The minimum Gasteiger partial charge on any atom is -0.0683 e. The van der Waals surface area contributed by atoms with Crippen LogP contribution in [0.3, 0.4) is 0 Å². The third-order valence-corrected chi connectivity index (χ3v) is 4.02. The fourth-order valence-corrected chi connectivity index (χ4v) is 3.28. The van der Waals surface area contributed by atoms with Crippen LogP contribution in [0.1, 0.15) is 51.0 Å². The van der Waals surface area contributed by atoms with E-state index >= 15 is 0 Å². The zero-order valence-corrected chi connectivity index (χ0v) is 9.95. The van der Waals surface area contributed by atoms with Crippen LogP contribution in [0.5, 0.6) is 0 Å². The van der Waals surface area contributed by atoms with Gasteiger partial charge in [0.2, 0.25) is 0 Å². The fourth-order valence-electron chi connectivity index (χ4n) is 3.28. The Morgan fingerprint density at radius 2 is 1.73 bits per heavy atom. The first-order valence-corrected chi connectivity index (χ1v) is 6.50. The average Bonchev–Trinajstić information content (AvgIpc) is 2.65. The van der Waals surface area contributed by atoms with E-state index in [9.17, 15) is 0 Å². The number of fused-ring (bicyclic) bond motifs is 1. The van der Waals surface area contributed by atoms with E-state index < -0.39 is 0 Å². The predicted molar refractivity (Wildman–Crippen MR) is 66.0 cm³/mol. The molecule has 0 saturated heterocycles. The van der Waals surface area contributed by atoms with Crippen molar-refractivity contribution in [2.24, 2.45) is 11.8 Å². The van der Waals surface area contributed by atoms with Crippen LogP contribution in [0.15, 0.2) is 30.3 Å². The Morgan fingerprint density at radius 1 is 1.00 bits per heavy atom. The zero-order chi connectivity index (χ0) is 10.7. The summed E-state index contributed by atoms with van der Waals surface area (Å²) in [5, 5.41) is 0. The summed E-state index contributed by atoms with van der Waals surface area (Å²) in [6, 6.07) is 11.1. The smallest absolute Gasteiger partial charge is 0.0128 e. The largest absolute Gasteiger partial charge is 0.0683 e. The van der Waals surface area contributed by atoms with Gasteiger partial charge >= 0.3 is 0 Å². The van der Waals surface area contributed by atoms with Gasteiger partial charge in [0.15, 0.2) is 0 Å². The lowest BCUT2D eigenvalue weighted by Crippen LogP contribution is -2.30. The lowest BCUT2D eigenvalue weighted by molar-refractivity contribution is 0.169. The SMILES string of the molecule is CC.c1ccc([C@H]2C[C@@H]3CCC[C@@H]32)cc1. The summed E-state index contributed by atoms with van der Waals surface area (Å²) < 4.78 is 0. The van der Waals surface area contributed by atoms with E-state index in [1.807, 2.05) is 13.8 Å². The predicted octanol–water partition coefficient (Wildman–Crippen LogP) is 4.62. The second-order valence-corrected chi connectivity index (χ2v) is 4.61. The summed E-state index contributed by atoms with van der Waals surface area (Å²) in [6.45, 7) is 4.00. The Bertz CT molecular complexity index is 288. The second kappa shape index (κ2) is 4.83. The summed E-state index contributed by atoms with van der Waals surface area (Å²) in [5.41, 5.74) is 1.59. The third-order valence-electron chi connectivity index (χ3n) is 4.02. The number of hydrogen-bond donors (Lipinski definition) is 0. The molecule has 0 N–H and O–H groups in total. The minimum atomic E-state index is 0.911. The van der Waals surface area contributed by atoms with Gasteiger partial charge in [-0.3, -0.25) is 0 Å². The Morgan fingerprint density at radius 3 is 2.40 bits per heavy atom. The number of rotatable bonds is 1. The van der Waals surface area contributed by atoms with Gasteiger partial charge in [0.1, 0.15) is 0 Å². The maximum Gasteiger partial charge on any atom is -0.0128 e. The van der Waals surface area contributed by atoms with Crippen LogP contribution < -0.4 is 0 Å². The molecule has 2 fully saturated rings. The number of hydrogen-bond acceptors (Lipinski definition) is 0. The molecule has 1 aromatic rings. The van der Waals surface area contributed by atoms with Crippen LogP contribution in [-0.2, 0) is 0 Å². The first-order valence-electron chi connectivity index (χ1n) is 6.50. The van der Waals surface area contributed by atoms with Crippen LogP contribution in [0.25, 0.3) is 0 Å². The van der Waals surface area contributed by atoms with Gasteiger partial charge in [-0.2, -0.15) is 0 Å². The van der Waals surface area contributed by atoms with Gasteiger partial charge in [0.25, 0.3) is 0 Å². The standard InChI is InChI=1S/C13H16.C2H6/c1-2-5-10(6-3-1)13-9-11-7-4-8-12(11)13;1-2/h1-3,5-6,11-13H,4,7-9H2;1-2H3/t11-,12-,13+;/m0./s1. The highest BCUT2D eigenvalue weighted by Gasteiger charge is 2.43. The maximum atomic E-state index is 2.30. The van der Waals surface area contributed by atoms with E-state index in [1.54, 1.807) is 5.56 Å². The number of benzene rings is 1. The van der Waals surface area contributed by atoms with Crippen molar-refractivity contribution in [1.82, 2.24) is 0 Å². The highest BCUT2D eigenvalue weighted by molar-refractivity contribution is 5.24. The van der Waals surface area contributed by atoms with Gasteiger partial charge in [-0.15, -0.1) is 0 Å². The molecule has 2 aliphatic rings. The first-order chi connectivity index (χ1) is 7.45. The van der Waals surface area contributed by atoms with Gasteiger partial charge in [-0.25, -0.2) is 0 Å². The van der Waals surface area contributed by atoms with Crippen molar-refractivity contribution in [3.63, 3.8) is 0 Å². The Balaban J connectivity index is 0.000000404. The monoisotopic (exact) mass is 202 g/mol. The summed E-state index contributed by atoms with van der Waals surface area (Å²) in [7, 11) is 0. The van der Waals surface area contributed by atoms with E-state index in [4.69, 9.17) is 0 Å². The van der Waals surface area contributed by atoms with Crippen molar-refractivity contribution < 1.29 is 0 Å². The first kappa shape index (κ1) is 10.7. The highest BCUT2D eigenvalue weighted by Crippen LogP contribution is 2.55. The molecular formula is C15H22. The molecule has 0 heterocycles. The van der Waals surface area contributed by atoms with Crippen molar-refractivity contribution in [3.8, 4) is 0 Å². The third kappa shape index (κ3) is 1.95. The fraction of sp³-hybridized carbons (Fsp3) is 0.600. The molecule has 1 aromatic carbocycles. The average molecular weight is 202 g/mol. The van der Waals surface area contributed by atoms with E-state index in [-0.39, 0.29) is 0 Å². The van der Waals surface area contributed by atoms with Crippen LogP contribution in [-0.4, -0.2) is 0 Å². The highest BCUT2D eigenvalue weighted by atomic mass is 14.5. The van der Waals surface area contributed by atoms with Gasteiger partial charge in [-0.05, 0) is 36.2 Å². The molecule has 0 aliphatic heterocycles. The molecule has 0 spiro atoms. The van der Waals surface area contributed by atoms with Crippen LogP contribution >= 0.6 is 0 Å². The van der Waals surface area contributed by atoms with Gasteiger partial charge in [-0.1, -0.05) is 57.0 Å². The lowest BCUT2D eigenvalue weighted by atomic mass is 9.64. The summed E-state index contributed by atoms with van der Waals surface area (Å²) in [6.07, 6.45) is 5.95. The van der Waals surface area contributed by atoms with Crippen LogP contribution in [0.2, 0.25) is 0 Å². The van der Waals surface area contributed by atoms with E-state index in [0.717, 1.165) is 17.8 Å². The summed E-state index contributed by atoms with van der Waals surface area (Å²) in [4.78, 5) is 0. The Kier molecular flexibility index (Phi) is 3.45. The minimum absolute atomic E-state index is 0.911. The molecular weight excluding hydrogens is 180 g/mol. The molecule has 0 heteroatoms. The molecule has 0 amide bonds. The quantitative estimate of drug-likeness (QED) is 0.623. The lowest BCUT2D eigenvalue weighted by Gasteiger charge is -2.41. The van der Waals surface area contributed by atoms with Crippen molar-refractivity contribution in [2.75, 3.05) is 0 Å². The molecule has 0 aromatic heterocycles. The molecule has 0 nitrogen and oxygen atoms in total. The molecule has 0 bridgehead atoms. The van der Waals surface area contributed by atoms with Gasteiger partial charge < -0.3 is 0 Å². The Hall–Kier alpha value is -0.780. The topological polar surface area (TPSA) is 0 Å². The van der Waals surface area contributed by atoms with E-state index in [2.05, 4.69) is 30.3 Å². The van der Waals surface area contributed by atoms with Crippen molar-refractivity contribution in [2.45, 2.75) is 45.4 Å². The van der Waals surface area contributed by atoms with Crippen molar-refractivity contribution in [1.29, 1.82) is 0 Å². The summed E-state index contributed by atoms with van der Waals surface area (Å²) >= 11 is 0. The molecule has 0 radical (unpaired) electrons. The van der Waals surface area contributed by atoms with Crippen molar-refractivity contribution in [3.05, 3.63) is 35.9 Å². The van der Waals surface area contributed by atoms with E-state index in [1.165, 1.54) is 25.7 Å².